The van der Waals surface area contributed by atoms with E-state index in [1.54, 1.807) is 6.92 Å². The number of hydrogen-bond donors (Lipinski definition) is 1. The van der Waals surface area contributed by atoms with E-state index in [0.29, 0.717) is 11.5 Å². The molecule has 0 saturated carbocycles. The van der Waals surface area contributed by atoms with Crippen LogP contribution in [0.5, 0.6) is 0 Å². The highest BCUT2D eigenvalue weighted by atomic mass is 16.7. The number of oxazole rings is 1. The van der Waals surface area contributed by atoms with Gasteiger partial charge in [0.25, 0.3) is 5.79 Å². The quantitative estimate of drug-likeness (QED) is 0.692. The number of aromatic nitrogens is 1. The maximum atomic E-state index is 9.14. The van der Waals surface area contributed by atoms with Gasteiger partial charge < -0.3 is 19.0 Å². The molecule has 0 saturated heterocycles. The molecule has 0 aliphatic heterocycles. The monoisotopic (exact) mass is 187 g/mol. The molecular formula is C8H13NO4. The Morgan fingerprint density at radius 2 is 2.15 bits per heavy atom. The van der Waals surface area contributed by atoms with Crippen LogP contribution in [0.25, 0.3) is 0 Å². The summed E-state index contributed by atoms with van der Waals surface area (Å²) in [4.78, 5) is 3.89. The van der Waals surface area contributed by atoms with Crippen molar-refractivity contribution in [3.63, 3.8) is 0 Å². The number of aliphatic hydroxyl groups excluding tert-OH is 1. The Morgan fingerprint density at radius 3 is 2.46 bits per heavy atom. The Balaban J connectivity index is 3.07. The van der Waals surface area contributed by atoms with Gasteiger partial charge in [0, 0.05) is 14.2 Å². The smallest absolute Gasteiger partial charge is 0.253 e. The van der Waals surface area contributed by atoms with Crippen molar-refractivity contribution in [3.05, 3.63) is 17.8 Å². The van der Waals surface area contributed by atoms with E-state index in [1.165, 1.54) is 20.6 Å². The fourth-order valence-electron chi connectivity index (χ4n) is 1.14. The number of aryl methyl sites for hydroxylation is 1. The molecule has 0 fully saturated rings. The van der Waals surface area contributed by atoms with Crippen LogP contribution in [-0.2, 0) is 15.3 Å². The molecule has 0 amide bonds. The van der Waals surface area contributed by atoms with Gasteiger partial charge in [0.1, 0.15) is 6.61 Å². The minimum atomic E-state index is -1.24. The molecule has 0 atom stereocenters. The van der Waals surface area contributed by atoms with Crippen molar-refractivity contribution < 1.29 is 19.0 Å². The van der Waals surface area contributed by atoms with Crippen molar-refractivity contribution in [2.24, 2.45) is 0 Å². The lowest BCUT2D eigenvalue weighted by atomic mass is 10.2. The molecular weight excluding hydrogens is 174 g/mol. The Bertz CT molecular complexity index is 259. The number of hydrogen-bond acceptors (Lipinski definition) is 5. The summed E-state index contributed by atoms with van der Waals surface area (Å²) in [7, 11) is 2.86. The molecule has 0 radical (unpaired) electrons. The number of aliphatic hydroxyl groups is 1. The average molecular weight is 187 g/mol. The van der Waals surface area contributed by atoms with Crippen LogP contribution in [0, 0.1) is 6.92 Å². The van der Waals surface area contributed by atoms with Gasteiger partial charge in [-0.2, -0.15) is 0 Å². The average Bonchev–Trinajstić information content (AvgIpc) is 2.57. The zero-order valence-corrected chi connectivity index (χ0v) is 7.90. The van der Waals surface area contributed by atoms with Crippen molar-refractivity contribution in [1.82, 2.24) is 4.98 Å². The second-order valence-corrected chi connectivity index (χ2v) is 2.59. The molecule has 5 heteroatoms. The first-order valence-electron chi connectivity index (χ1n) is 3.82. The van der Waals surface area contributed by atoms with E-state index in [4.69, 9.17) is 19.0 Å². The second kappa shape index (κ2) is 3.87. The first kappa shape index (κ1) is 10.2. The molecule has 0 bridgehead atoms. The summed E-state index contributed by atoms with van der Waals surface area (Å²) in [6, 6.07) is 0. The van der Waals surface area contributed by atoms with Crippen molar-refractivity contribution in [2.75, 3.05) is 20.8 Å². The van der Waals surface area contributed by atoms with E-state index >= 15 is 0 Å². The normalized spacial score (nSPS) is 12.0. The third-order valence-corrected chi connectivity index (χ3v) is 1.96. The molecule has 1 aromatic heterocycles. The van der Waals surface area contributed by atoms with Crippen LogP contribution in [0.15, 0.2) is 10.8 Å². The molecule has 0 spiro atoms. The van der Waals surface area contributed by atoms with Crippen molar-refractivity contribution >= 4 is 0 Å². The van der Waals surface area contributed by atoms with E-state index in [1.807, 2.05) is 0 Å². The van der Waals surface area contributed by atoms with Gasteiger partial charge in [0.05, 0.1) is 5.69 Å². The molecule has 0 unspecified atom stereocenters. The molecule has 74 valence electrons. The summed E-state index contributed by atoms with van der Waals surface area (Å²) >= 11 is 0. The molecule has 13 heavy (non-hydrogen) atoms. The topological polar surface area (TPSA) is 64.7 Å². The largest absolute Gasteiger partial charge is 0.442 e. The van der Waals surface area contributed by atoms with Crippen molar-refractivity contribution in [1.29, 1.82) is 0 Å². The van der Waals surface area contributed by atoms with Gasteiger partial charge in [-0.25, -0.2) is 4.98 Å². The Labute approximate surface area is 76.3 Å². The Kier molecular flexibility index (Phi) is 3.02. The number of rotatable bonds is 4. The second-order valence-electron chi connectivity index (χ2n) is 2.59. The highest BCUT2D eigenvalue weighted by Gasteiger charge is 2.37. The van der Waals surface area contributed by atoms with Crippen LogP contribution in [0.1, 0.15) is 11.5 Å². The lowest BCUT2D eigenvalue weighted by molar-refractivity contribution is -0.246. The zero-order valence-electron chi connectivity index (χ0n) is 7.90. The van der Waals surface area contributed by atoms with E-state index in [-0.39, 0.29) is 6.61 Å². The summed E-state index contributed by atoms with van der Waals surface area (Å²) < 4.78 is 15.2. The molecule has 5 nitrogen and oxygen atoms in total. The fraction of sp³-hybridized carbons (Fsp3) is 0.625. The van der Waals surface area contributed by atoms with Crippen LogP contribution in [0.4, 0.5) is 0 Å². The summed E-state index contributed by atoms with van der Waals surface area (Å²) in [6.07, 6.45) is 1.28. The van der Waals surface area contributed by atoms with Crippen LogP contribution < -0.4 is 0 Å². The number of methoxy groups -OCH3 is 2. The predicted molar refractivity (Wildman–Crippen MR) is 44.0 cm³/mol. The van der Waals surface area contributed by atoms with Gasteiger partial charge in [0.2, 0.25) is 0 Å². The van der Waals surface area contributed by atoms with Gasteiger partial charge in [-0.1, -0.05) is 0 Å². The van der Waals surface area contributed by atoms with Crippen molar-refractivity contribution in [2.45, 2.75) is 12.7 Å². The van der Waals surface area contributed by atoms with E-state index < -0.39 is 5.79 Å². The SMILES string of the molecule is COC(CO)(OC)c1ocnc1C. The van der Waals surface area contributed by atoms with Gasteiger partial charge >= 0.3 is 0 Å². The molecule has 0 aromatic carbocycles. The van der Waals surface area contributed by atoms with Crippen molar-refractivity contribution in [3.8, 4) is 0 Å². The predicted octanol–water partition coefficient (Wildman–Crippen LogP) is 0.421. The van der Waals surface area contributed by atoms with E-state index in [9.17, 15) is 0 Å². The standard InChI is InChI=1S/C8H13NO4/c1-6-7(13-5-9-6)8(4-10,11-2)12-3/h5,10H,4H2,1-3H3. The van der Waals surface area contributed by atoms with Crippen LogP contribution >= 0.6 is 0 Å². The van der Waals surface area contributed by atoms with Gasteiger partial charge in [0.15, 0.2) is 12.2 Å². The first-order chi connectivity index (χ1) is 6.20. The highest BCUT2D eigenvalue weighted by molar-refractivity contribution is 5.11. The molecule has 1 aromatic rings. The summed E-state index contributed by atoms with van der Waals surface area (Å²) in [5, 5.41) is 9.14. The fourth-order valence-corrected chi connectivity index (χ4v) is 1.14. The minimum absolute atomic E-state index is 0.323. The number of ether oxygens (including phenoxy) is 2. The maximum absolute atomic E-state index is 9.14. The first-order valence-corrected chi connectivity index (χ1v) is 3.82. The van der Waals surface area contributed by atoms with Crippen LogP contribution in [-0.4, -0.2) is 30.9 Å². The van der Waals surface area contributed by atoms with Gasteiger partial charge in [-0.15, -0.1) is 0 Å². The summed E-state index contributed by atoms with van der Waals surface area (Å²) in [5.41, 5.74) is 0.637. The summed E-state index contributed by atoms with van der Waals surface area (Å²) in [6.45, 7) is 1.43. The maximum Gasteiger partial charge on any atom is 0.253 e. The van der Waals surface area contributed by atoms with Crippen LogP contribution in [0.3, 0.4) is 0 Å². The molecule has 0 aliphatic rings. The zero-order chi connectivity index (χ0) is 9.90. The lowest BCUT2D eigenvalue weighted by Gasteiger charge is -2.26. The Hall–Kier alpha value is -0.910. The molecule has 1 N–H and O–H groups in total. The van der Waals surface area contributed by atoms with Crippen LogP contribution in [0.2, 0.25) is 0 Å². The molecule has 1 rings (SSSR count). The highest BCUT2D eigenvalue weighted by Crippen LogP contribution is 2.27. The molecule has 0 aliphatic carbocycles. The molecule has 1 heterocycles. The third-order valence-electron chi connectivity index (χ3n) is 1.96. The Morgan fingerprint density at radius 1 is 1.54 bits per heavy atom. The van der Waals surface area contributed by atoms with E-state index in [2.05, 4.69) is 4.98 Å². The minimum Gasteiger partial charge on any atom is -0.442 e. The summed E-state index contributed by atoms with van der Waals surface area (Å²) in [5.74, 6) is -0.847. The van der Waals surface area contributed by atoms with E-state index in [0.717, 1.165) is 0 Å². The lowest BCUT2D eigenvalue weighted by Crippen LogP contribution is -2.35. The van der Waals surface area contributed by atoms with Gasteiger partial charge in [-0.3, -0.25) is 0 Å². The van der Waals surface area contributed by atoms with Gasteiger partial charge in [-0.05, 0) is 6.92 Å². The number of nitrogens with zero attached hydrogens (tertiary/aromatic N) is 1. The third kappa shape index (κ3) is 1.58.